The molecule has 6 nitrogen and oxygen atoms in total. The highest BCUT2D eigenvalue weighted by Crippen LogP contribution is 2.40. The Hall–Kier alpha value is -1.31. The van der Waals surface area contributed by atoms with Crippen molar-refractivity contribution in [3.05, 3.63) is 39.2 Å². The molecule has 1 aromatic rings. The first-order valence-corrected chi connectivity index (χ1v) is 6.84. The van der Waals surface area contributed by atoms with Crippen molar-refractivity contribution >= 4 is 17.3 Å². The molecular formula is C12H16N2O4S. The molecule has 104 valence electrons. The smallest absolute Gasteiger partial charge is 0.329 e. The second kappa shape index (κ2) is 5.36. The number of nitrogens with one attached hydrogen (secondary N) is 1. The quantitative estimate of drug-likeness (QED) is 0.722. The van der Waals surface area contributed by atoms with E-state index in [1.165, 1.54) is 22.5 Å². The van der Waals surface area contributed by atoms with Crippen LogP contribution in [0.5, 0.6) is 0 Å². The van der Waals surface area contributed by atoms with E-state index in [0.29, 0.717) is 17.6 Å². The number of thioether (sulfide) groups is 1. The van der Waals surface area contributed by atoms with E-state index in [1.54, 1.807) is 6.92 Å². The van der Waals surface area contributed by atoms with Crippen LogP contribution in [0.25, 0.3) is 5.57 Å². The van der Waals surface area contributed by atoms with Crippen LogP contribution in [0.15, 0.2) is 22.4 Å². The summed E-state index contributed by atoms with van der Waals surface area (Å²) in [5.74, 6) is 0. The number of allylic oxidation sites excluding steroid dienone is 1. The molecule has 0 amide bonds. The summed E-state index contributed by atoms with van der Waals surface area (Å²) in [5.41, 5.74) is -0.0614. The van der Waals surface area contributed by atoms with Gasteiger partial charge in [-0.1, -0.05) is 6.58 Å². The van der Waals surface area contributed by atoms with Crippen molar-refractivity contribution in [2.75, 3.05) is 6.61 Å². The Morgan fingerprint density at radius 2 is 2.32 bits per heavy atom. The maximum absolute atomic E-state index is 11.8. The molecule has 2 rings (SSSR count). The van der Waals surface area contributed by atoms with Gasteiger partial charge in [0.05, 0.1) is 28.9 Å². The Balaban J connectivity index is 2.41. The van der Waals surface area contributed by atoms with Crippen LogP contribution in [-0.4, -0.2) is 37.7 Å². The highest BCUT2D eigenvalue weighted by molar-refractivity contribution is 8.00. The van der Waals surface area contributed by atoms with Crippen molar-refractivity contribution in [1.29, 1.82) is 0 Å². The van der Waals surface area contributed by atoms with E-state index in [-0.39, 0.29) is 17.2 Å². The van der Waals surface area contributed by atoms with Gasteiger partial charge in [0.25, 0.3) is 5.56 Å². The maximum atomic E-state index is 11.8. The molecule has 3 atom stereocenters. The topological polar surface area (TPSA) is 95.3 Å². The summed E-state index contributed by atoms with van der Waals surface area (Å²) in [6, 6.07) is 0. The maximum Gasteiger partial charge on any atom is 0.329 e. The van der Waals surface area contributed by atoms with Crippen molar-refractivity contribution in [1.82, 2.24) is 9.55 Å². The molecule has 0 unspecified atom stereocenters. The average molecular weight is 284 g/mol. The lowest BCUT2D eigenvalue weighted by molar-refractivity contribution is 0.137. The average Bonchev–Trinajstić information content (AvgIpc) is 2.69. The molecule has 0 aliphatic carbocycles. The van der Waals surface area contributed by atoms with Gasteiger partial charge in [0.15, 0.2) is 0 Å². The molecule has 2 heterocycles. The summed E-state index contributed by atoms with van der Waals surface area (Å²) in [7, 11) is 0. The van der Waals surface area contributed by atoms with E-state index in [4.69, 9.17) is 5.11 Å². The lowest BCUT2D eigenvalue weighted by Crippen LogP contribution is -2.32. The molecule has 1 aliphatic heterocycles. The third-order valence-electron chi connectivity index (χ3n) is 3.12. The molecule has 7 heteroatoms. The van der Waals surface area contributed by atoms with E-state index < -0.39 is 17.4 Å². The van der Waals surface area contributed by atoms with Crippen LogP contribution in [0.2, 0.25) is 0 Å². The number of aliphatic hydroxyl groups is 2. The van der Waals surface area contributed by atoms with Crippen LogP contribution in [0.3, 0.4) is 0 Å². The fraction of sp³-hybridized carbons (Fsp3) is 0.500. The molecule has 0 aromatic carbocycles. The fourth-order valence-electron chi connectivity index (χ4n) is 2.05. The molecule has 1 aliphatic rings. The van der Waals surface area contributed by atoms with Gasteiger partial charge in [-0.2, -0.15) is 0 Å². The van der Waals surface area contributed by atoms with Crippen molar-refractivity contribution in [2.45, 2.75) is 30.1 Å². The zero-order valence-electron chi connectivity index (χ0n) is 10.5. The van der Waals surface area contributed by atoms with Crippen molar-refractivity contribution in [3.63, 3.8) is 0 Å². The van der Waals surface area contributed by atoms with Gasteiger partial charge in [-0.25, -0.2) is 4.79 Å². The molecule has 19 heavy (non-hydrogen) atoms. The number of aromatic nitrogens is 2. The van der Waals surface area contributed by atoms with Crippen molar-refractivity contribution in [2.24, 2.45) is 0 Å². The second-order valence-corrected chi connectivity index (χ2v) is 6.03. The first-order chi connectivity index (χ1) is 8.93. The Bertz CT molecular complexity index is 606. The molecule has 1 fully saturated rings. The summed E-state index contributed by atoms with van der Waals surface area (Å²) in [5, 5.41) is 18.3. The Kier molecular flexibility index (Phi) is 3.98. The van der Waals surface area contributed by atoms with Gasteiger partial charge in [0.2, 0.25) is 0 Å². The number of hydrogen-bond acceptors (Lipinski definition) is 5. The molecule has 1 saturated heterocycles. The van der Waals surface area contributed by atoms with E-state index in [2.05, 4.69) is 11.6 Å². The largest absolute Gasteiger partial charge is 0.395 e. The lowest BCUT2D eigenvalue weighted by atomic mass is 10.2. The predicted octanol–water partition coefficient (Wildman–Crippen LogP) is -0.0730. The molecule has 3 N–H and O–H groups in total. The zero-order chi connectivity index (χ0) is 14.2. The summed E-state index contributed by atoms with van der Waals surface area (Å²) in [6.07, 6.45) is 1.16. The summed E-state index contributed by atoms with van der Waals surface area (Å²) in [4.78, 5) is 25.7. The first kappa shape index (κ1) is 14.1. The minimum atomic E-state index is -0.660. The Morgan fingerprint density at radius 3 is 2.84 bits per heavy atom. The minimum Gasteiger partial charge on any atom is -0.395 e. The number of nitrogens with zero attached hydrogens (tertiary/aromatic N) is 1. The van der Waals surface area contributed by atoms with Crippen molar-refractivity contribution < 1.29 is 10.2 Å². The van der Waals surface area contributed by atoms with Crippen LogP contribution < -0.4 is 11.2 Å². The number of aliphatic hydroxyl groups excluding tert-OH is 2. The summed E-state index contributed by atoms with van der Waals surface area (Å²) < 4.78 is 1.38. The van der Waals surface area contributed by atoms with Crippen LogP contribution in [0.4, 0.5) is 0 Å². The second-order valence-electron chi connectivity index (χ2n) is 4.60. The van der Waals surface area contributed by atoms with Gasteiger partial charge in [-0.05, 0) is 12.5 Å². The molecule has 0 bridgehead atoms. The summed E-state index contributed by atoms with van der Waals surface area (Å²) in [6.45, 7) is 5.24. The predicted molar refractivity (Wildman–Crippen MR) is 74.2 cm³/mol. The van der Waals surface area contributed by atoms with Gasteiger partial charge >= 0.3 is 5.69 Å². The number of aromatic amines is 1. The van der Waals surface area contributed by atoms with Gasteiger partial charge in [0, 0.05) is 12.6 Å². The summed E-state index contributed by atoms with van der Waals surface area (Å²) >= 11 is 1.32. The van der Waals surface area contributed by atoms with Crippen LogP contribution in [-0.2, 0) is 0 Å². The van der Waals surface area contributed by atoms with Gasteiger partial charge in [-0.15, -0.1) is 11.8 Å². The lowest BCUT2D eigenvalue weighted by Gasteiger charge is -2.14. The molecule has 0 radical (unpaired) electrons. The van der Waals surface area contributed by atoms with Gasteiger partial charge in [-0.3, -0.25) is 14.3 Å². The normalized spacial score (nSPS) is 26.6. The number of rotatable bonds is 3. The zero-order valence-corrected chi connectivity index (χ0v) is 11.3. The fourth-order valence-corrected chi connectivity index (χ4v) is 3.43. The first-order valence-electron chi connectivity index (χ1n) is 5.89. The minimum absolute atomic E-state index is 0.145. The van der Waals surface area contributed by atoms with E-state index in [1.807, 2.05) is 0 Å². The Labute approximate surface area is 113 Å². The Morgan fingerprint density at radius 1 is 1.63 bits per heavy atom. The number of H-pyrrole nitrogens is 1. The standard InChI is InChI=1S/C12H16N2O4S/c1-6(2)7-4-14(12(18)13-11(7)17)10-3-8(16)9(5-15)19-10/h4,8-10,15-16H,1,3,5H2,2H3,(H,13,17,18)/t8-,9+,10+/m0/s1. The molecule has 1 aromatic heterocycles. The third-order valence-corrected chi connectivity index (χ3v) is 4.67. The highest BCUT2D eigenvalue weighted by Gasteiger charge is 2.34. The van der Waals surface area contributed by atoms with Crippen LogP contribution in [0.1, 0.15) is 24.3 Å². The van der Waals surface area contributed by atoms with Gasteiger partial charge < -0.3 is 10.2 Å². The van der Waals surface area contributed by atoms with E-state index >= 15 is 0 Å². The van der Waals surface area contributed by atoms with Gasteiger partial charge in [0.1, 0.15) is 0 Å². The highest BCUT2D eigenvalue weighted by atomic mass is 32.2. The monoisotopic (exact) mass is 284 g/mol. The van der Waals surface area contributed by atoms with E-state index in [0.717, 1.165) is 0 Å². The molecular weight excluding hydrogens is 268 g/mol. The number of hydrogen-bond donors (Lipinski definition) is 3. The third kappa shape index (κ3) is 2.68. The van der Waals surface area contributed by atoms with Crippen LogP contribution in [0, 0.1) is 0 Å². The molecule has 0 spiro atoms. The SMILES string of the molecule is C=C(C)c1cn([C@H]2C[C@H](O)[C@@H](CO)S2)c(=O)[nH]c1=O. The molecule has 0 saturated carbocycles. The van der Waals surface area contributed by atoms with E-state index in [9.17, 15) is 14.7 Å². The van der Waals surface area contributed by atoms with Crippen molar-refractivity contribution in [3.8, 4) is 0 Å². The van der Waals surface area contributed by atoms with Crippen LogP contribution >= 0.6 is 11.8 Å².